The highest BCUT2D eigenvalue weighted by atomic mass is 15.1. The maximum Gasteiger partial charge on any atom is 0.0543 e. The van der Waals surface area contributed by atoms with Crippen LogP contribution in [0.5, 0.6) is 0 Å². The summed E-state index contributed by atoms with van der Waals surface area (Å²) in [7, 11) is 0. The van der Waals surface area contributed by atoms with Crippen LogP contribution in [0.1, 0.15) is 105 Å². The fourth-order valence-corrected chi connectivity index (χ4v) is 12.2. The van der Waals surface area contributed by atoms with Gasteiger partial charge < -0.3 is 4.90 Å². The Morgan fingerprint density at radius 3 is 1.35 bits per heavy atom. The summed E-state index contributed by atoms with van der Waals surface area (Å²) in [6.45, 7) is 21.5. The lowest BCUT2D eigenvalue weighted by Crippen LogP contribution is -2.19. The van der Waals surface area contributed by atoms with Crippen LogP contribution in [-0.4, -0.2) is 0 Å². The van der Waals surface area contributed by atoms with Crippen molar-refractivity contribution < 1.29 is 0 Å². The Kier molecular flexibility index (Phi) is 6.88. The lowest BCUT2D eigenvalue weighted by Gasteiger charge is -2.32. The first-order valence-electron chi connectivity index (χ1n) is 21.8. The van der Waals surface area contributed by atoms with E-state index >= 15 is 0 Å². The summed E-state index contributed by atoms with van der Waals surface area (Å²) in [6.07, 6.45) is 0. The zero-order valence-electron chi connectivity index (χ0n) is 36.3. The van der Waals surface area contributed by atoms with Crippen LogP contribution in [0.25, 0.3) is 55.3 Å². The molecule has 4 aliphatic carbocycles. The third-order valence-electron chi connectivity index (χ3n) is 15.5. The molecule has 0 heterocycles. The lowest BCUT2D eigenvalue weighted by atomic mass is 9.79. The first kappa shape index (κ1) is 35.7. The second kappa shape index (κ2) is 11.5. The molecular weight excluding hydrogens is 723 g/mol. The second-order valence-corrected chi connectivity index (χ2v) is 20.2. The number of aryl methyl sites for hydroxylation is 1. The van der Waals surface area contributed by atoms with Crippen molar-refractivity contribution in [3.8, 4) is 44.5 Å². The van der Waals surface area contributed by atoms with Gasteiger partial charge in [-0.05, 0) is 144 Å². The van der Waals surface area contributed by atoms with Gasteiger partial charge in [0.05, 0.1) is 5.69 Å². The summed E-state index contributed by atoms with van der Waals surface area (Å²) in [5.74, 6) is 0. The molecule has 0 aliphatic heterocycles. The Morgan fingerprint density at radius 1 is 0.317 bits per heavy atom. The normalized spacial score (nSPS) is 16.9. The van der Waals surface area contributed by atoms with Gasteiger partial charge in [-0.1, -0.05) is 164 Å². The van der Waals surface area contributed by atoms with Crippen molar-refractivity contribution in [2.75, 3.05) is 4.90 Å². The van der Waals surface area contributed by atoms with Crippen molar-refractivity contribution in [3.05, 3.63) is 196 Å². The quantitative estimate of drug-likeness (QED) is 0.173. The van der Waals surface area contributed by atoms with Gasteiger partial charge in [0.15, 0.2) is 0 Å². The summed E-state index contributed by atoms with van der Waals surface area (Å²) in [6, 6.07) is 56.4. The van der Waals surface area contributed by atoms with E-state index < -0.39 is 0 Å². The van der Waals surface area contributed by atoms with E-state index in [4.69, 9.17) is 0 Å². The maximum absolute atomic E-state index is 2.59. The van der Waals surface area contributed by atoms with Gasteiger partial charge in [0.25, 0.3) is 0 Å². The standard InChI is InChI=1S/C59H51N/c1-34-22-25-41-44-31-52-45(32-51(44)58(6,7)48(41)28-34)55-43-19-11-10-18-42(43)54(33-53(55)59(52,8)9)60(35-23-26-39-37-16-12-14-20-46(37)56(2,3)49(39)29-35)36-24-27-40-38-17-13-15-21-47(38)57(4,5)50(40)30-36/h10-33H,1-9H3. The predicted molar refractivity (Wildman–Crippen MR) is 254 cm³/mol. The molecule has 0 fully saturated rings. The van der Waals surface area contributed by atoms with Gasteiger partial charge in [-0.15, -0.1) is 0 Å². The SMILES string of the molecule is Cc1ccc2c(c1)C(C)(C)c1cc3c(cc1-2)C(C)(C)c1cc(N(c2ccc4c(c2)C(C)(C)c2ccccc2-4)c2ccc4c(c2)C(C)(C)c2ccccc2-4)c2ccccc2c1-3. The van der Waals surface area contributed by atoms with Crippen molar-refractivity contribution in [2.24, 2.45) is 0 Å². The molecule has 12 rings (SSSR count). The summed E-state index contributed by atoms with van der Waals surface area (Å²) < 4.78 is 0. The average molecular weight is 774 g/mol. The molecule has 8 aromatic carbocycles. The average Bonchev–Trinajstić information content (AvgIpc) is 3.80. The number of hydrogen-bond donors (Lipinski definition) is 0. The third-order valence-corrected chi connectivity index (χ3v) is 15.5. The minimum Gasteiger partial charge on any atom is -0.310 e. The number of nitrogens with zero attached hydrogens (tertiary/aromatic N) is 1. The Balaban J connectivity index is 1.12. The molecule has 0 N–H and O–H groups in total. The Bertz CT molecular complexity index is 3110. The van der Waals surface area contributed by atoms with Gasteiger partial charge in [-0.2, -0.15) is 0 Å². The Morgan fingerprint density at radius 2 is 0.733 bits per heavy atom. The summed E-state index contributed by atoms with van der Waals surface area (Å²) in [5, 5.41) is 2.58. The molecule has 0 saturated heterocycles. The van der Waals surface area contributed by atoms with Crippen molar-refractivity contribution in [1.29, 1.82) is 0 Å². The van der Waals surface area contributed by atoms with Crippen molar-refractivity contribution >= 4 is 27.8 Å². The molecule has 1 heteroatoms. The molecule has 0 aromatic heterocycles. The maximum atomic E-state index is 2.59. The molecule has 0 saturated carbocycles. The highest BCUT2D eigenvalue weighted by Crippen LogP contribution is 2.60. The van der Waals surface area contributed by atoms with Gasteiger partial charge in [0, 0.05) is 38.4 Å². The van der Waals surface area contributed by atoms with Crippen LogP contribution in [-0.2, 0) is 21.7 Å². The van der Waals surface area contributed by atoms with E-state index in [0.29, 0.717) is 0 Å². The van der Waals surface area contributed by atoms with Gasteiger partial charge in [-0.3, -0.25) is 0 Å². The van der Waals surface area contributed by atoms with Crippen LogP contribution < -0.4 is 4.90 Å². The molecule has 1 nitrogen and oxygen atoms in total. The molecule has 292 valence electrons. The smallest absolute Gasteiger partial charge is 0.0543 e. The molecule has 0 spiro atoms. The van der Waals surface area contributed by atoms with Crippen LogP contribution in [0.2, 0.25) is 0 Å². The van der Waals surface area contributed by atoms with E-state index in [9.17, 15) is 0 Å². The summed E-state index contributed by atoms with van der Waals surface area (Å²) in [5.41, 5.74) is 26.6. The van der Waals surface area contributed by atoms with E-state index in [2.05, 4.69) is 213 Å². The zero-order chi connectivity index (χ0) is 41.2. The van der Waals surface area contributed by atoms with Gasteiger partial charge >= 0.3 is 0 Å². The van der Waals surface area contributed by atoms with E-state index in [1.165, 1.54) is 122 Å². The Labute approximate surface area is 355 Å². The Hall–Kier alpha value is -6.18. The molecule has 0 radical (unpaired) electrons. The highest BCUT2D eigenvalue weighted by Gasteiger charge is 2.44. The predicted octanol–water partition coefficient (Wildman–Crippen LogP) is 15.8. The van der Waals surface area contributed by atoms with E-state index in [1.807, 2.05) is 0 Å². The van der Waals surface area contributed by atoms with Crippen molar-refractivity contribution in [3.63, 3.8) is 0 Å². The molecule has 0 bridgehead atoms. The highest BCUT2D eigenvalue weighted by molar-refractivity contribution is 6.11. The fraction of sp³-hybridized carbons (Fsp3) is 0.220. The largest absolute Gasteiger partial charge is 0.310 e. The second-order valence-electron chi connectivity index (χ2n) is 20.2. The molecule has 0 atom stereocenters. The first-order chi connectivity index (χ1) is 28.7. The van der Waals surface area contributed by atoms with Crippen LogP contribution in [0.4, 0.5) is 17.1 Å². The minimum absolute atomic E-state index is 0.0762. The number of anilines is 3. The molecule has 0 unspecified atom stereocenters. The third kappa shape index (κ3) is 4.43. The summed E-state index contributed by atoms with van der Waals surface area (Å²) >= 11 is 0. The van der Waals surface area contributed by atoms with Gasteiger partial charge in [0.2, 0.25) is 0 Å². The van der Waals surface area contributed by atoms with Gasteiger partial charge in [-0.25, -0.2) is 0 Å². The van der Waals surface area contributed by atoms with Crippen LogP contribution in [0.3, 0.4) is 0 Å². The summed E-state index contributed by atoms with van der Waals surface area (Å²) in [4.78, 5) is 2.59. The monoisotopic (exact) mass is 773 g/mol. The van der Waals surface area contributed by atoms with E-state index in [1.54, 1.807) is 0 Å². The minimum atomic E-state index is -0.217. The number of rotatable bonds is 3. The molecule has 60 heavy (non-hydrogen) atoms. The topological polar surface area (TPSA) is 3.24 Å². The molecule has 0 amide bonds. The lowest BCUT2D eigenvalue weighted by molar-refractivity contribution is 0.652. The van der Waals surface area contributed by atoms with E-state index in [-0.39, 0.29) is 21.7 Å². The first-order valence-corrected chi connectivity index (χ1v) is 21.8. The van der Waals surface area contributed by atoms with Crippen molar-refractivity contribution in [2.45, 2.75) is 84.0 Å². The van der Waals surface area contributed by atoms with Gasteiger partial charge in [0.1, 0.15) is 0 Å². The van der Waals surface area contributed by atoms with Crippen LogP contribution in [0.15, 0.2) is 146 Å². The number of fused-ring (bicyclic) bond motifs is 14. The molecule has 4 aliphatic rings. The number of hydrogen-bond acceptors (Lipinski definition) is 1. The van der Waals surface area contributed by atoms with E-state index in [0.717, 1.165) is 0 Å². The molecular formula is C59H51N. The van der Waals surface area contributed by atoms with Crippen LogP contribution in [0, 0.1) is 6.92 Å². The zero-order valence-corrected chi connectivity index (χ0v) is 36.3. The van der Waals surface area contributed by atoms with Crippen LogP contribution >= 0.6 is 0 Å². The van der Waals surface area contributed by atoms with Crippen molar-refractivity contribution in [1.82, 2.24) is 0 Å². The number of benzene rings is 8. The fourth-order valence-electron chi connectivity index (χ4n) is 12.2. The molecule has 8 aromatic rings.